The minimum atomic E-state index is -5.23. The van der Waals surface area contributed by atoms with Gasteiger partial charge in [0.25, 0.3) is 0 Å². The van der Waals surface area contributed by atoms with Crippen molar-refractivity contribution in [1.82, 2.24) is 14.9 Å². The summed E-state index contributed by atoms with van der Waals surface area (Å²) in [4.78, 5) is 4.13. The number of hydrogen-bond acceptors (Lipinski definition) is 3. The molecule has 6 nitrogen and oxygen atoms in total. The summed E-state index contributed by atoms with van der Waals surface area (Å²) in [7, 11) is -3.57. The molecule has 2 rings (SSSR count). The lowest BCUT2D eigenvalue weighted by Crippen LogP contribution is -2.47. The molecule has 1 saturated heterocycles. The maximum Gasteiger partial charge on any atom is 0.511 e. The van der Waals surface area contributed by atoms with E-state index in [4.69, 9.17) is 0 Å². The van der Waals surface area contributed by atoms with E-state index in [1.54, 1.807) is 7.05 Å². The molecule has 160 valence electrons. The molecule has 28 heavy (non-hydrogen) atoms. The van der Waals surface area contributed by atoms with E-state index in [1.165, 1.54) is 5.56 Å². The highest BCUT2D eigenvalue weighted by molar-refractivity contribution is 14.0. The summed E-state index contributed by atoms with van der Waals surface area (Å²) in [6, 6.07) is 10.0. The zero-order valence-corrected chi connectivity index (χ0v) is 18.7. The molecule has 0 aliphatic carbocycles. The van der Waals surface area contributed by atoms with Gasteiger partial charge in [0.1, 0.15) is 0 Å². The standard InChI is InChI=1S/C17H25F3N4O2S.HI/c1-21-16(22-10-7-14-5-3-2-4-6-14)23-13-15-8-11-24(12-9-15)27(25,26)17(18,19)20;/h2-6,15H,7-13H2,1H3,(H2,21,22,23);1H. The predicted octanol–water partition coefficient (Wildman–Crippen LogP) is 2.57. The van der Waals surface area contributed by atoms with Crippen molar-refractivity contribution in [3.8, 4) is 0 Å². The van der Waals surface area contributed by atoms with Crippen LogP contribution in [0.4, 0.5) is 13.2 Å². The third-order valence-electron chi connectivity index (χ3n) is 4.54. The molecule has 1 aliphatic rings. The van der Waals surface area contributed by atoms with E-state index in [0.717, 1.165) is 6.42 Å². The highest BCUT2D eigenvalue weighted by atomic mass is 127. The monoisotopic (exact) mass is 534 g/mol. The molecular formula is C17H26F3IN4O2S. The van der Waals surface area contributed by atoms with E-state index in [9.17, 15) is 21.6 Å². The molecule has 0 spiro atoms. The van der Waals surface area contributed by atoms with Crippen LogP contribution in [0.25, 0.3) is 0 Å². The number of halogens is 4. The van der Waals surface area contributed by atoms with Crippen molar-refractivity contribution in [3.63, 3.8) is 0 Å². The van der Waals surface area contributed by atoms with E-state index >= 15 is 0 Å². The van der Waals surface area contributed by atoms with E-state index in [2.05, 4.69) is 15.6 Å². The summed E-state index contributed by atoms with van der Waals surface area (Å²) < 4.78 is 61.1. The number of nitrogens with one attached hydrogen (secondary N) is 2. The van der Waals surface area contributed by atoms with Crippen LogP contribution in [0.15, 0.2) is 35.3 Å². The number of aliphatic imine (C=N–C) groups is 1. The Morgan fingerprint density at radius 2 is 1.79 bits per heavy atom. The van der Waals surface area contributed by atoms with Crippen LogP contribution in [0.3, 0.4) is 0 Å². The lowest BCUT2D eigenvalue weighted by Gasteiger charge is -2.31. The van der Waals surface area contributed by atoms with Crippen LogP contribution in [-0.4, -0.2) is 57.4 Å². The van der Waals surface area contributed by atoms with Gasteiger partial charge in [-0.2, -0.15) is 17.5 Å². The van der Waals surface area contributed by atoms with Crippen LogP contribution in [0.2, 0.25) is 0 Å². The molecule has 11 heteroatoms. The summed E-state index contributed by atoms with van der Waals surface area (Å²) in [6.07, 6.45) is 1.60. The number of alkyl halides is 3. The van der Waals surface area contributed by atoms with Gasteiger partial charge >= 0.3 is 15.5 Å². The number of rotatable bonds is 6. The van der Waals surface area contributed by atoms with Gasteiger partial charge in [-0.1, -0.05) is 30.3 Å². The topological polar surface area (TPSA) is 73.8 Å². The first-order valence-electron chi connectivity index (χ1n) is 8.79. The Kier molecular flexibility index (Phi) is 9.98. The third-order valence-corrected chi connectivity index (χ3v) is 6.17. The van der Waals surface area contributed by atoms with Crippen molar-refractivity contribution in [3.05, 3.63) is 35.9 Å². The van der Waals surface area contributed by atoms with Crippen LogP contribution in [0, 0.1) is 5.92 Å². The van der Waals surface area contributed by atoms with Crippen LogP contribution < -0.4 is 10.6 Å². The van der Waals surface area contributed by atoms with Crippen LogP contribution in [0.1, 0.15) is 18.4 Å². The van der Waals surface area contributed by atoms with Gasteiger partial charge < -0.3 is 10.6 Å². The van der Waals surface area contributed by atoms with Gasteiger partial charge in [0.15, 0.2) is 5.96 Å². The summed E-state index contributed by atoms with van der Waals surface area (Å²) >= 11 is 0. The molecule has 1 heterocycles. The Labute approximate surface area is 181 Å². The van der Waals surface area contributed by atoms with Crippen molar-refractivity contribution in [2.45, 2.75) is 24.8 Å². The number of guanidine groups is 1. The lowest BCUT2D eigenvalue weighted by molar-refractivity contribution is -0.0496. The van der Waals surface area contributed by atoms with Crippen molar-refractivity contribution >= 4 is 40.0 Å². The Morgan fingerprint density at radius 3 is 2.32 bits per heavy atom. The largest absolute Gasteiger partial charge is 0.511 e. The molecule has 0 bridgehead atoms. The van der Waals surface area contributed by atoms with Gasteiger partial charge in [0.05, 0.1) is 0 Å². The molecule has 1 aliphatic heterocycles. The fourth-order valence-electron chi connectivity index (χ4n) is 2.93. The lowest BCUT2D eigenvalue weighted by atomic mass is 9.98. The summed E-state index contributed by atoms with van der Waals surface area (Å²) in [6.45, 7) is 0.999. The van der Waals surface area contributed by atoms with Crippen molar-refractivity contribution in [1.29, 1.82) is 0 Å². The molecule has 0 aromatic heterocycles. The van der Waals surface area contributed by atoms with Crippen molar-refractivity contribution < 1.29 is 21.6 Å². The molecule has 1 fully saturated rings. The second kappa shape index (κ2) is 11.2. The molecule has 0 atom stereocenters. The minimum Gasteiger partial charge on any atom is -0.356 e. The van der Waals surface area contributed by atoms with Gasteiger partial charge in [-0.25, -0.2) is 8.42 Å². The van der Waals surface area contributed by atoms with Gasteiger partial charge in [-0.05, 0) is 30.7 Å². The molecule has 2 N–H and O–H groups in total. The SMILES string of the molecule is CN=C(NCCc1ccccc1)NCC1CCN(S(=O)(=O)C(F)(F)F)CC1.I. The number of piperidine rings is 1. The Morgan fingerprint density at radius 1 is 1.18 bits per heavy atom. The normalized spacial score (nSPS) is 17.1. The Hall–Kier alpha value is -1.08. The first kappa shape index (κ1) is 25.0. The molecule has 0 amide bonds. The molecule has 0 unspecified atom stereocenters. The minimum absolute atomic E-state index is 0. The maximum atomic E-state index is 12.6. The van der Waals surface area contributed by atoms with Gasteiger partial charge in [-0.15, -0.1) is 24.0 Å². The fraction of sp³-hybridized carbons (Fsp3) is 0.588. The highest BCUT2D eigenvalue weighted by Crippen LogP contribution is 2.30. The molecule has 0 saturated carbocycles. The zero-order chi connectivity index (χ0) is 19.9. The zero-order valence-electron chi connectivity index (χ0n) is 15.6. The van der Waals surface area contributed by atoms with Crippen molar-refractivity contribution in [2.24, 2.45) is 10.9 Å². The van der Waals surface area contributed by atoms with E-state index < -0.39 is 15.5 Å². The average molecular weight is 534 g/mol. The summed E-state index contributed by atoms with van der Waals surface area (Å²) in [5.41, 5.74) is -4.03. The number of nitrogens with zero attached hydrogens (tertiary/aromatic N) is 2. The van der Waals surface area contributed by atoms with Crippen LogP contribution >= 0.6 is 24.0 Å². The average Bonchev–Trinajstić information content (AvgIpc) is 2.65. The predicted molar refractivity (Wildman–Crippen MR) is 114 cm³/mol. The Bertz CT molecular complexity index is 722. The van der Waals surface area contributed by atoms with Gasteiger partial charge in [-0.3, -0.25) is 4.99 Å². The Balaban J connectivity index is 0.00000392. The summed E-state index contributed by atoms with van der Waals surface area (Å²) in [5, 5.41) is 6.35. The number of hydrogen-bond donors (Lipinski definition) is 2. The van der Waals surface area contributed by atoms with Gasteiger partial charge in [0.2, 0.25) is 0 Å². The summed E-state index contributed by atoms with van der Waals surface area (Å²) in [5.74, 6) is 0.716. The smallest absolute Gasteiger partial charge is 0.356 e. The second-order valence-corrected chi connectivity index (χ2v) is 8.34. The van der Waals surface area contributed by atoms with Gasteiger partial charge in [0, 0.05) is 33.2 Å². The van der Waals surface area contributed by atoms with Crippen LogP contribution in [0.5, 0.6) is 0 Å². The first-order chi connectivity index (χ1) is 12.7. The molecule has 1 aromatic carbocycles. The maximum absolute atomic E-state index is 12.6. The number of benzene rings is 1. The van der Waals surface area contributed by atoms with E-state index in [-0.39, 0.29) is 43.0 Å². The number of sulfonamides is 1. The fourth-order valence-corrected chi connectivity index (χ4v) is 3.92. The highest BCUT2D eigenvalue weighted by Gasteiger charge is 2.50. The quantitative estimate of drug-likeness (QED) is 0.335. The van der Waals surface area contributed by atoms with E-state index in [1.807, 2.05) is 30.3 Å². The second-order valence-electron chi connectivity index (χ2n) is 6.41. The molecular weight excluding hydrogens is 508 g/mol. The first-order valence-corrected chi connectivity index (χ1v) is 10.2. The van der Waals surface area contributed by atoms with Crippen molar-refractivity contribution in [2.75, 3.05) is 33.2 Å². The van der Waals surface area contributed by atoms with Crippen LogP contribution in [-0.2, 0) is 16.4 Å². The third kappa shape index (κ3) is 7.07. The molecule has 1 aromatic rings. The van der Waals surface area contributed by atoms with E-state index in [0.29, 0.717) is 36.2 Å². The molecule has 0 radical (unpaired) electrons.